The van der Waals surface area contributed by atoms with Gasteiger partial charge < -0.3 is 25.1 Å². The van der Waals surface area contributed by atoms with E-state index in [2.05, 4.69) is 15.6 Å². The number of carbonyl (C=O) groups is 2. The summed E-state index contributed by atoms with van der Waals surface area (Å²) in [6.45, 7) is 0. The standard InChI is InChI=1S/C17H22N4O4/c1-21(2)17-20-13-9-12(7-8-14(13)25-17)19-16(24)18-11-5-3-10(4-6-11)15(22)23/h7-11H,3-6H2,1-2H3,(H,22,23)(H2,18,19,24). The minimum atomic E-state index is -0.749. The number of aromatic nitrogens is 1. The number of fused-ring (bicyclic) bond motifs is 1. The van der Waals surface area contributed by atoms with E-state index in [-0.39, 0.29) is 18.0 Å². The molecule has 25 heavy (non-hydrogen) atoms. The maximum atomic E-state index is 12.2. The second kappa shape index (κ2) is 7.00. The van der Waals surface area contributed by atoms with E-state index in [0.717, 1.165) is 0 Å². The van der Waals surface area contributed by atoms with Crippen LogP contribution < -0.4 is 15.5 Å². The Morgan fingerprint density at radius 1 is 1.24 bits per heavy atom. The first-order chi connectivity index (χ1) is 11.9. The number of hydrogen-bond acceptors (Lipinski definition) is 5. The maximum Gasteiger partial charge on any atom is 0.319 e. The average molecular weight is 346 g/mol. The first kappa shape index (κ1) is 17.1. The van der Waals surface area contributed by atoms with E-state index in [1.807, 2.05) is 14.1 Å². The molecule has 1 fully saturated rings. The molecule has 0 bridgehead atoms. The van der Waals surface area contributed by atoms with Crippen LogP contribution in [0.15, 0.2) is 22.6 Å². The molecule has 8 heteroatoms. The van der Waals surface area contributed by atoms with Gasteiger partial charge in [0.05, 0.1) is 5.92 Å². The highest BCUT2D eigenvalue weighted by Crippen LogP contribution is 2.25. The van der Waals surface area contributed by atoms with E-state index in [1.54, 1.807) is 23.1 Å². The van der Waals surface area contributed by atoms with Crippen molar-refractivity contribution in [1.29, 1.82) is 0 Å². The highest BCUT2D eigenvalue weighted by atomic mass is 16.4. The number of amides is 2. The molecule has 0 unspecified atom stereocenters. The lowest BCUT2D eigenvalue weighted by Crippen LogP contribution is -2.40. The molecule has 1 aliphatic carbocycles. The lowest BCUT2D eigenvalue weighted by Gasteiger charge is -2.26. The fourth-order valence-corrected chi connectivity index (χ4v) is 3.02. The highest BCUT2D eigenvalue weighted by molar-refractivity contribution is 5.92. The summed E-state index contributed by atoms with van der Waals surface area (Å²) in [6, 6.07) is 5.50. The number of carboxylic acids is 1. The zero-order valence-electron chi connectivity index (χ0n) is 14.3. The van der Waals surface area contributed by atoms with Crippen LogP contribution in [0, 0.1) is 5.92 Å². The van der Waals surface area contributed by atoms with Gasteiger partial charge >= 0.3 is 12.0 Å². The molecule has 134 valence electrons. The fourth-order valence-electron chi connectivity index (χ4n) is 3.02. The van der Waals surface area contributed by atoms with Gasteiger partial charge in [0.15, 0.2) is 5.58 Å². The van der Waals surface area contributed by atoms with Crippen LogP contribution in [-0.2, 0) is 4.79 Å². The fraction of sp³-hybridized carbons (Fsp3) is 0.471. The normalized spacial score (nSPS) is 20.2. The maximum absolute atomic E-state index is 12.2. The van der Waals surface area contributed by atoms with Crippen LogP contribution in [0.4, 0.5) is 16.5 Å². The number of carboxylic acid groups (broad SMARTS) is 1. The lowest BCUT2D eigenvalue weighted by atomic mass is 9.86. The minimum Gasteiger partial charge on any atom is -0.481 e. The summed E-state index contributed by atoms with van der Waals surface area (Å²) in [7, 11) is 3.69. The number of anilines is 2. The molecule has 0 spiro atoms. The smallest absolute Gasteiger partial charge is 0.319 e. The number of oxazole rings is 1. The molecule has 1 heterocycles. The Bertz CT molecular complexity index is 778. The van der Waals surface area contributed by atoms with Crippen LogP contribution >= 0.6 is 0 Å². The first-order valence-electron chi connectivity index (χ1n) is 8.30. The van der Waals surface area contributed by atoms with Crippen molar-refractivity contribution in [3.05, 3.63) is 18.2 Å². The number of aliphatic carboxylic acids is 1. The van der Waals surface area contributed by atoms with Gasteiger partial charge in [-0.15, -0.1) is 0 Å². The third kappa shape index (κ3) is 4.01. The molecule has 0 radical (unpaired) electrons. The Labute approximate surface area is 145 Å². The number of benzene rings is 1. The summed E-state index contributed by atoms with van der Waals surface area (Å²) in [6.07, 6.45) is 2.55. The van der Waals surface area contributed by atoms with Gasteiger partial charge in [-0.25, -0.2) is 4.79 Å². The Morgan fingerprint density at radius 3 is 2.60 bits per heavy atom. The first-order valence-corrected chi connectivity index (χ1v) is 8.30. The number of nitrogens with one attached hydrogen (secondary N) is 2. The topological polar surface area (TPSA) is 108 Å². The number of urea groups is 1. The summed E-state index contributed by atoms with van der Waals surface area (Å²) in [4.78, 5) is 29.2. The Morgan fingerprint density at radius 2 is 1.96 bits per heavy atom. The van der Waals surface area contributed by atoms with Gasteiger partial charge in [0.25, 0.3) is 6.01 Å². The molecule has 0 saturated heterocycles. The molecule has 2 amide bonds. The molecule has 3 N–H and O–H groups in total. The van der Waals surface area contributed by atoms with Crippen molar-refractivity contribution in [2.45, 2.75) is 31.7 Å². The molecule has 8 nitrogen and oxygen atoms in total. The van der Waals surface area contributed by atoms with E-state index in [4.69, 9.17) is 9.52 Å². The zero-order chi connectivity index (χ0) is 18.0. The van der Waals surface area contributed by atoms with Gasteiger partial charge in [0.1, 0.15) is 5.52 Å². The zero-order valence-corrected chi connectivity index (χ0v) is 14.3. The van der Waals surface area contributed by atoms with E-state index >= 15 is 0 Å². The van der Waals surface area contributed by atoms with Crippen LogP contribution in [-0.4, -0.2) is 42.2 Å². The van der Waals surface area contributed by atoms with Crippen LogP contribution in [0.5, 0.6) is 0 Å². The average Bonchev–Trinajstić information content (AvgIpc) is 2.99. The highest BCUT2D eigenvalue weighted by Gasteiger charge is 2.26. The van der Waals surface area contributed by atoms with Crippen LogP contribution in [0.1, 0.15) is 25.7 Å². The molecule has 3 rings (SSSR count). The van der Waals surface area contributed by atoms with Crippen molar-refractivity contribution in [2.75, 3.05) is 24.3 Å². The van der Waals surface area contributed by atoms with Gasteiger partial charge in [-0.1, -0.05) is 0 Å². The molecular weight excluding hydrogens is 324 g/mol. The summed E-state index contributed by atoms with van der Waals surface area (Å²) in [5, 5.41) is 14.7. The lowest BCUT2D eigenvalue weighted by molar-refractivity contribution is -0.142. The summed E-state index contributed by atoms with van der Waals surface area (Å²) in [5.74, 6) is -1.04. The van der Waals surface area contributed by atoms with E-state index < -0.39 is 5.97 Å². The molecule has 2 aromatic rings. The van der Waals surface area contributed by atoms with Crippen molar-refractivity contribution in [2.24, 2.45) is 5.92 Å². The van der Waals surface area contributed by atoms with Crippen LogP contribution in [0.2, 0.25) is 0 Å². The Hall–Kier alpha value is -2.77. The molecule has 0 aliphatic heterocycles. The molecule has 1 aromatic carbocycles. The molecular formula is C17H22N4O4. The minimum absolute atomic E-state index is 0.00623. The predicted molar refractivity (Wildman–Crippen MR) is 93.9 cm³/mol. The summed E-state index contributed by atoms with van der Waals surface area (Å²) < 4.78 is 5.58. The predicted octanol–water partition coefficient (Wildman–Crippen LogP) is 2.66. The van der Waals surface area contributed by atoms with Gasteiger partial charge in [0, 0.05) is 25.8 Å². The van der Waals surface area contributed by atoms with Gasteiger partial charge in [-0.3, -0.25) is 4.79 Å². The second-order valence-corrected chi connectivity index (χ2v) is 6.56. The van der Waals surface area contributed by atoms with E-state index in [0.29, 0.717) is 48.5 Å². The molecule has 0 atom stereocenters. The second-order valence-electron chi connectivity index (χ2n) is 6.56. The third-order valence-electron chi connectivity index (χ3n) is 4.43. The van der Waals surface area contributed by atoms with E-state index in [9.17, 15) is 9.59 Å². The number of nitrogens with zero attached hydrogens (tertiary/aromatic N) is 2. The van der Waals surface area contributed by atoms with Gasteiger partial charge in [0.2, 0.25) is 0 Å². The monoisotopic (exact) mass is 346 g/mol. The van der Waals surface area contributed by atoms with Crippen molar-refractivity contribution >= 4 is 34.8 Å². The van der Waals surface area contributed by atoms with Crippen LogP contribution in [0.25, 0.3) is 11.1 Å². The quantitative estimate of drug-likeness (QED) is 0.785. The molecule has 1 aliphatic rings. The number of rotatable bonds is 4. The van der Waals surface area contributed by atoms with Gasteiger partial charge in [-0.2, -0.15) is 4.98 Å². The van der Waals surface area contributed by atoms with E-state index in [1.165, 1.54) is 0 Å². The summed E-state index contributed by atoms with van der Waals surface area (Å²) >= 11 is 0. The Kier molecular flexibility index (Phi) is 4.78. The van der Waals surface area contributed by atoms with Crippen LogP contribution in [0.3, 0.4) is 0 Å². The number of carbonyl (C=O) groups excluding carboxylic acids is 1. The third-order valence-corrected chi connectivity index (χ3v) is 4.43. The number of hydrogen-bond donors (Lipinski definition) is 3. The molecule has 1 saturated carbocycles. The van der Waals surface area contributed by atoms with Crippen molar-refractivity contribution in [1.82, 2.24) is 10.3 Å². The van der Waals surface area contributed by atoms with Crippen molar-refractivity contribution < 1.29 is 19.1 Å². The Balaban J connectivity index is 1.57. The van der Waals surface area contributed by atoms with Crippen molar-refractivity contribution in [3.63, 3.8) is 0 Å². The largest absolute Gasteiger partial charge is 0.481 e. The van der Waals surface area contributed by atoms with Gasteiger partial charge in [-0.05, 0) is 43.9 Å². The molecule has 1 aromatic heterocycles. The summed E-state index contributed by atoms with van der Waals surface area (Å²) in [5.41, 5.74) is 1.95. The SMILES string of the molecule is CN(C)c1nc2cc(NC(=O)NC3CCC(C(=O)O)CC3)ccc2o1. The van der Waals surface area contributed by atoms with Crippen molar-refractivity contribution in [3.8, 4) is 0 Å².